The van der Waals surface area contributed by atoms with Crippen molar-refractivity contribution in [2.75, 3.05) is 36.4 Å². The van der Waals surface area contributed by atoms with Gasteiger partial charge in [0.1, 0.15) is 5.82 Å². The molecule has 1 N–H and O–H groups in total. The minimum atomic E-state index is -0.252. The third-order valence-corrected chi connectivity index (χ3v) is 4.40. The molecular formula is C18H19ClN4O2. The van der Waals surface area contributed by atoms with Gasteiger partial charge in [-0.05, 0) is 30.3 Å². The molecule has 1 aliphatic rings. The van der Waals surface area contributed by atoms with E-state index < -0.39 is 0 Å². The largest absolute Gasteiger partial charge is 0.367 e. The predicted molar refractivity (Wildman–Crippen MR) is 98.1 cm³/mol. The van der Waals surface area contributed by atoms with E-state index >= 15 is 0 Å². The number of amides is 2. The summed E-state index contributed by atoms with van der Waals surface area (Å²) < 4.78 is 0. The van der Waals surface area contributed by atoms with Crippen molar-refractivity contribution in [3.05, 3.63) is 53.2 Å². The number of benzene rings is 1. The minimum Gasteiger partial charge on any atom is -0.367 e. The number of halogens is 1. The zero-order valence-corrected chi connectivity index (χ0v) is 14.7. The van der Waals surface area contributed by atoms with Crippen LogP contribution in [0.15, 0.2) is 42.6 Å². The number of nitrogens with one attached hydrogen (secondary N) is 1. The van der Waals surface area contributed by atoms with Crippen LogP contribution in [0.1, 0.15) is 17.3 Å². The summed E-state index contributed by atoms with van der Waals surface area (Å²) in [4.78, 5) is 31.9. The van der Waals surface area contributed by atoms with Crippen LogP contribution in [-0.4, -0.2) is 47.9 Å². The Labute approximate surface area is 151 Å². The Morgan fingerprint density at radius 1 is 1.12 bits per heavy atom. The van der Waals surface area contributed by atoms with Gasteiger partial charge in [-0.25, -0.2) is 4.98 Å². The van der Waals surface area contributed by atoms with Crippen LogP contribution in [0, 0.1) is 0 Å². The molecule has 0 bridgehead atoms. The van der Waals surface area contributed by atoms with E-state index in [0.717, 1.165) is 18.8 Å². The fourth-order valence-electron chi connectivity index (χ4n) is 2.74. The molecule has 0 atom stereocenters. The lowest BCUT2D eigenvalue weighted by Crippen LogP contribution is -2.48. The summed E-state index contributed by atoms with van der Waals surface area (Å²) in [5.74, 6) is 0.339. The number of anilines is 2. The van der Waals surface area contributed by atoms with Crippen LogP contribution in [-0.2, 0) is 4.79 Å². The molecule has 0 saturated carbocycles. The van der Waals surface area contributed by atoms with Gasteiger partial charge >= 0.3 is 0 Å². The van der Waals surface area contributed by atoms with Gasteiger partial charge in [-0.1, -0.05) is 17.7 Å². The van der Waals surface area contributed by atoms with Gasteiger partial charge in [-0.15, -0.1) is 0 Å². The van der Waals surface area contributed by atoms with E-state index in [9.17, 15) is 9.59 Å². The van der Waals surface area contributed by atoms with Crippen molar-refractivity contribution >= 4 is 34.9 Å². The molecular weight excluding hydrogens is 340 g/mol. The highest BCUT2D eigenvalue weighted by molar-refractivity contribution is 6.31. The van der Waals surface area contributed by atoms with Crippen LogP contribution in [0.2, 0.25) is 5.02 Å². The lowest BCUT2D eigenvalue weighted by atomic mass is 10.2. The number of carbonyl (C=O) groups is 2. The fourth-order valence-corrected chi connectivity index (χ4v) is 2.94. The third kappa shape index (κ3) is 4.28. The molecule has 25 heavy (non-hydrogen) atoms. The zero-order valence-electron chi connectivity index (χ0n) is 13.9. The van der Waals surface area contributed by atoms with E-state index in [2.05, 4.69) is 15.2 Å². The Hall–Kier alpha value is -2.60. The van der Waals surface area contributed by atoms with Crippen LogP contribution < -0.4 is 10.2 Å². The number of nitrogens with zero attached hydrogens (tertiary/aromatic N) is 3. The Morgan fingerprint density at radius 2 is 1.88 bits per heavy atom. The van der Waals surface area contributed by atoms with Gasteiger partial charge in [0.25, 0.3) is 5.91 Å². The van der Waals surface area contributed by atoms with Gasteiger partial charge in [-0.3, -0.25) is 9.59 Å². The first-order chi connectivity index (χ1) is 12.0. The van der Waals surface area contributed by atoms with Crippen molar-refractivity contribution in [2.45, 2.75) is 6.92 Å². The number of pyridine rings is 1. The second-order valence-corrected chi connectivity index (χ2v) is 6.30. The smallest absolute Gasteiger partial charge is 0.256 e. The third-order valence-electron chi connectivity index (χ3n) is 4.17. The van der Waals surface area contributed by atoms with Gasteiger partial charge in [0, 0.05) is 43.7 Å². The number of hydrogen-bond acceptors (Lipinski definition) is 4. The summed E-state index contributed by atoms with van der Waals surface area (Å²) in [7, 11) is 0. The molecule has 1 aromatic heterocycles. The van der Waals surface area contributed by atoms with Gasteiger partial charge < -0.3 is 15.1 Å². The maximum absolute atomic E-state index is 12.2. The molecule has 0 unspecified atom stereocenters. The van der Waals surface area contributed by atoms with E-state index in [1.54, 1.807) is 43.5 Å². The van der Waals surface area contributed by atoms with Crippen molar-refractivity contribution in [3.63, 3.8) is 0 Å². The monoisotopic (exact) mass is 358 g/mol. The Kier molecular flexibility index (Phi) is 5.19. The maximum Gasteiger partial charge on any atom is 0.256 e. The minimum absolute atomic E-state index is 0.108. The molecule has 0 aliphatic carbocycles. The molecule has 7 heteroatoms. The summed E-state index contributed by atoms with van der Waals surface area (Å²) in [6.45, 7) is 4.56. The molecule has 1 aliphatic heterocycles. The van der Waals surface area contributed by atoms with Crippen molar-refractivity contribution in [1.82, 2.24) is 9.88 Å². The Morgan fingerprint density at radius 3 is 2.48 bits per heavy atom. The molecule has 3 rings (SSSR count). The van der Waals surface area contributed by atoms with Crippen molar-refractivity contribution in [1.29, 1.82) is 0 Å². The molecule has 1 saturated heterocycles. The van der Waals surface area contributed by atoms with Gasteiger partial charge in [0.15, 0.2) is 0 Å². The summed E-state index contributed by atoms with van der Waals surface area (Å²) >= 11 is 5.90. The summed E-state index contributed by atoms with van der Waals surface area (Å²) in [5, 5.41) is 3.27. The normalized spacial score (nSPS) is 14.3. The van der Waals surface area contributed by atoms with E-state index in [4.69, 9.17) is 11.6 Å². The predicted octanol–water partition coefficient (Wildman–Crippen LogP) is 2.66. The van der Waals surface area contributed by atoms with Crippen molar-refractivity contribution < 1.29 is 9.59 Å². The number of carbonyl (C=O) groups excluding carboxylic acids is 2. The molecule has 130 valence electrons. The molecule has 1 fully saturated rings. The highest BCUT2D eigenvalue weighted by Gasteiger charge is 2.19. The standard InChI is InChI=1S/C18H19ClN4O2/c1-13(24)22-7-9-23(10-8-22)16-5-6-17(20-12-16)21-18(25)14-3-2-4-15(19)11-14/h2-6,11-12H,7-10H2,1H3,(H,20,21,25). The number of rotatable bonds is 3. The number of hydrogen-bond donors (Lipinski definition) is 1. The van der Waals surface area contributed by atoms with Gasteiger partial charge in [0.05, 0.1) is 11.9 Å². The van der Waals surface area contributed by atoms with Crippen LogP contribution in [0.5, 0.6) is 0 Å². The molecule has 0 radical (unpaired) electrons. The first kappa shape index (κ1) is 17.2. The highest BCUT2D eigenvalue weighted by Crippen LogP contribution is 2.18. The second-order valence-electron chi connectivity index (χ2n) is 5.86. The summed E-state index contributed by atoms with van der Waals surface area (Å²) in [5.41, 5.74) is 1.46. The molecule has 2 aromatic rings. The first-order valence-electron chi connectivity index (χ1n) is 8.06. The molecule has 2 amide bonds. The van der Waals surface area contributed by atoms with Crippen molar-refractivity contribution in [3.8, 4) is 0 Å². The van der Waals surface area contributed by atoms with Crippen LogP contribution in [0.25, 0.3) is 0 Å². The summed E-state index contributed by atoms with van der Waals surface area (Å²) in [6, 6.07) is 10.5. The molecule has 6 nitrogen and oxygen atoms in total. The van der Waals surface area contributed by atoms with Crippen LogP contribution >= 0.6 is 11.6 Å². The Balaban J connectivity index is 1.61. The average Bonchev–Trinajstić information content (AvgIpc) is 2.62. The lowest BCUT2D eigenvalue weighted by molar-refractivity contribution is -0.129. The van der Waals surface area contributed by atoms with E-state index in [0.29, 0.717) is 29.5 Å². The average molecular weight is 359 g/mol. The van der Waals surface area contributed by atoms with Crippen LogP contribution in [0.4, 0.5) is 11.5 Å². The second kappa shape index (κ2) is 7.53. The zero-order chi connectivity index (χ0) is 17.8. The van der Waals surface area contributed by atoms with E-state index in [1.807, 2.05) is 11.0 Å². The van der Waals surface area contributed by atoms with Crippen LogP contribution in [0.3, 0.4) is 0 Å². The topological polar surface area (TPSA) is 65.5 Å². The highest BCUT2D eigenvalue weighted by atomic mass is 35.5. The fraction of sp³-hybridized carbons (Fsp3) is 0.278. The maximum atomic E-state index is 12.2. The van der Waals surface area contributed by atoms with E-state index in [1.165, 1.54) is 0 Å². The summed E-state index contributed by atoms with van der Waals surface area (Å²) in [6.07, 6.45) is 1.73. The quantitative estimate of drug-likeness (QED) is 0.916. The molecule has 2 heterocycles. The number of aromatic nitrogens is 1. The molecule has 0 spiro atoms. The van der Waals surface area contributed by atoms with E-state index in [-0.39, 0.29) is 11.8 Å². The lowest BCUT2D eigenvalue weighted by Gasteiger charge is -2.35. The Bertz CT molecular complexity index is 771. The SMILES string of the molecule is CC(=O)N1CCN(c2ccc(NC(=O)c3cccc(Cl)c3)nc2)CC1. The van der Waals surface area contributed by atoms with Gasteiger partial charge in [-0.2, -0.15) is 0 Å². The van der Waals surface area contributed by atoms with Gasteiger partial charge in [0.2, 0.25) is 5.91 Å². The first-order valence-corrected chi connectivity index (χ1v) is 8.44. The van der Waals surface area contributed by atoms with Crippen molar-refractivity contribution in [2.24, 2.45) is 0 Å². The molecule has 1 aromatic carbocycles. The number of piperazine rings is 1.